The zero-order chi connectivity index (χ0) is 45.6. The second-order valence-electron chi connectivity index (χ2n) is 21.0. The molecule has 0 aromatic heterocycles. The third kappa shape index (κ3) is 9.18. The summed E-state index contributed by atoms with van der Waals surface area (Å²) in [4.78, 5) is 4.63. The number of rotatable bonds is 4. The highest BCUT2D eigenvalue weighted by molar-refractivity contribution is 5.84. The fourth-order valence-corrected chi connectivity index (χ4v) is 13.2. The van der Waals surface area contributed by atoms with Gasteiger partial charge in [-0.2, -0.15) is 0 Å². The van der Waals surface area contributed by atoms with Gasteiger partial charge < -0.3 is 50.8 Å². The molecule has 3 aromatic carbocycles. The molecule has 11 heteroatoms. The van der Waals surface area contributed by atoms with E-state index in [0.717, 1.165) is 110 Å². The van der Waals surface area contributed by atoms with Gasteiger partial charge in [0.05, 0.1) is 25.4 Å². The number of fused-ring (bicyclic) bond motifs is 2. The maximum absolute atomic E-state index is 12.3. The number of nitrogens with zero attached hydrogens (tertiary/aromatic N) is 1. The monoisotopic (exact) mass is 892 g/mol. The molecule has 8 N–H and O–H groups in total. The van der Waals surface area contributed by atoms with Crippen molar-refractivity contribution in [3.8, 4) is 39.9 Å². The van der Waals surface area contributed by atoms with Gasteiger partial charge in [-0.3, -0.25) is 4.99 Å². The van der Waals surface area contributed by atoms with E-state index in [1.165, 1.54) is 0 Å². The van der Waals surface area contributed by atoms with E-state index < -0.39 is 18.3 Å². The summed E-state index contributed by atoms with van der Waals surface area (Å²) in [5.74, 6) is 3.76. The number of guanidine groups is 1. The lowest BCUT2D eigenvalue weighted by molar-refractivity contribution is -0.0218. The van der Waals surface area contributed by atoms with Gasteiger partial charge in [0.1, 0.15) is 29.5 Å². The molecule has 1 spiro atoms. The molecule has 0 saturated heterocycles. The van der Waals surface area contributed by atoms with Gasteiger partial charge in [-0.05, 0) is 171 Å². The van der Waals surface area contributed by atoms with Gasteiger partial charge in [-0.1, -0.05) is 45.4 Å². The molecule has 0 amide bonds. The number of aliphatic hydroxyl groups excluding tert-OH is 3. The lowest BCUT2D eigenvalue weighted by Crippen LogP contribution is -2.46. The van der Waals surface area contributed by atoms with Crippen molar-refractivity contribution in [2.45, 2.75) is 154 Å². The van der Waals surface area contributed by atoms with Gasteiger partial charge in [-0.25, -0.2) is 0 Å². The molecule has 9 aliphatic rings. The second-order valence-corrected chi connectivity index (χ2v) is 21.0. The van der Waals surface area contributed by atoms with Gasteiger partial charge in [-0.15, -0.1) is 0 Å². The first kappa shape index (κ1) is 45.7. The molecule has 2 saturated carbocycles. The average molecular weight is 892 g/mol. The molecule has 352 valence electrons. The lowest BCUT2D eigenvalue weighted by atomic mass is 9.62. The van der Waals surface area contributed by atoms with Crippen molar-refractivity contribution in [2.24, 2.45) is 45.7 Å². The summed E-state index contributed by atoms with van der Waals surface area (Å²) in [5, 5.41) is 60.6. The number of phenolic OH excluding ortho intramolecular Hbond substituents is 2. The van der Waals surface area contributed by atoms with E-state index in [-0.39, 0.29) is 47.0 Å². The van der Waals surface area contributed by atoms with Crippen LogP contribution >= 0.6 is 0 Å². The normalized spacial score (nSPS) is 32.5. The summed E-state index contributed by atoms with van der Waals surface area (Å²) >= 11 is 0. The van der Waals surface area contributed by atoms with Crippen molar-refractivity contribution in [3.05, 3.63) is 76.4 Å². The Morgan fingerprint density at radius 3 is 2.49 bits per heavy atom. The number of aliphatic hydroxyl groups is 3. The number of nitrogens with two attached hydrogens (primary N) is 1. The molecular formula is C54H73N3O8. The topological polar surface area (TPSA) is 179 Å². The molecule has 65 heavy (non-hydrogen) atoms. The smallest absolute Gasteiger partial charge is 0.188 e. The van der Waals surface area contributed by atoms with Gasteiger partial charge in [0.2, 0.25) is 0 Å². The number of methoxy groups -OCH3 is 1. The SMILES string of the molecule is CC[C@H]1C[C@H]2C=C[C@@H]1C[C@@H](O)CCCN=C(N)NCC[C@H]1[C@H](CCC[C@]13CC[C@H](O)C3)Oc1cc(ccc1O)[C@@H]1Oc3cc(OC)c4c(c3C[C@H]1O)[C@H]2Cc1cc(O)c(CC(C)C)cc1-4. The number of hydrogen-bond donors (Lipinski definition) is 7. The van der Waals surface area contributed by atoms with Crippen LogP contribution in [0.25, 0.3) is 11.1 Å². The van der Waals surface area contributed by atoms with E-state index in [2.05, 4.69) is 49.3 Å². The molecular weight excluding hydrogens is 819 g/mol. The second kappa shape index (κ2) is 19.0. The summed E-state index contributed by atoms with van der Waals surface area (Å²) in [5.41, 5.74) is 13.2. The number of phenols is 2. The van der Waals surface area contributed by atoms with Gasteiger partial charge in [0.15, 0.2) is 17.5 Å². The van der Waals surface area contributed by atoms with E-state index in [1.807, 2.05) is 24.3 Å². The summed E-state index contributed by atoms with van der Waals surface area (Å²) < 4.78 is 20.1. The van der Waals surface area contributed by atoms with E-state index in [9.17, 15) is 25.5 Å². The van der Waals surface area contributed by atoms with E-state index >= 15 is 0 Å². The van der Waals surface area contributed by atoms with Crippen LogP contribution in [-0.2, 0) is 19.3 Å². The Bertz CT molecular complexity index is 2250. The first-order chi connectivity index (χ1) is 31.3. The molecule has 0 radical (unpaired) electrons. The average Bonchev–Trinajstić information content (AvgIpc) is 3.65. The minimum Gasteiger partial charge on any atom is -0.508 e. The fourth-order valence-electron chi connectivity index (χ4n) is 13.2. The Balaban J connectivity index is 1.13. The van der Waals surface area contributed by atoms with Crippen molar-refractivity contribution in [1.82, 2.24) is 5.32 Å². The minimum absolute atomic E-state index is 0.0251. The molecule has 5 heterocycles. The third-order valence-electron chi connectivity index (χ3n) is 16.4. The molecule has 0 unspecified atom stereocenters. The van der Waals surface area contributed by atoms with Crippen molar-refractivity contribution in [1.29, 1.82) is 0 Å². The number of hydrogen-bond acceptors (Lipinski definition) is 11. The standard InChI is InChI=1S/C54H73N3O8/c1-5-31-21-33-11-10-32(31)22-37(58)8-7-18-56-53(55)57-19-15-42-46(9-6-16-54(42)17-14-38(59)29-54)64-48-26-34(12-13-43(48)60)52-45(62)27-41-47(65-52)28-49(63-4)51-40-24-36(20-30(2)3)44(61)25-35(40)23-39(33)50(41)51/h10-13,24-26,28,30-33,37-39,42,45-46,52,58-62H,5-9,14-23,27,29H2,1-4H3,(H3,55,56,57)/t31-,32+,33+,37-,38-,39-,42-,45+,46-,52-,54+/m0/s1. The van der Waals surface area contributed by atoms with Crippen molar-refractivity contribution < 1.29 is 39.7 Å². The largest absolute Gasteiger partial charge is 0.508 e. The molecule has 2 fully saturated rings. The van der Waals surface area contributed by atoms with Crippen LogP contribution in [0.4, 0.5) is 0 Å². The van der Waals surface area contributed by atoms with Crippen molar-refractivity contribution >= 4 is 5.96 Å². The van der Waals surface area contributed by atoms with E-state index in [4.69, 9.17) is 19.9 Å². The fraction of sp³-hybridized carbons (Fsp3) is 0.611. The van der Waals surface area contributed by atoms with Crippen LogP contribution in [0.2, 0.25) is 0 Å². The zero-order valence-corrected chi connectivity index (χ0v) is 39.0. The molecule has 11 atom stereocenters. The molecule has 4 aliphatic carbocycles. The number of allylic oxidation sites excluding steroid dienone is 2. The minimum atomic E-state index is -0.894. The van der Waals surface area contributed by atoms with E-state index in [0.29, 0.717) is 78.7 Å². The van der Waals surface area contributed by atoms with E-state index in [1.54, 1.807) is 13.2 Å². The number of ether oxygens (including phenoxy) is 3. The van der Waals surface area contributed by atoms with Crippen LogP contribution in [0.5, 0.6) is 28.7 Å². The van der Waals surface area contributed by atoms with Crippen LogP contribution in [-0.4, -0.2) is 76.1 Å². The van der Waals surface area contributed by atoms with Crippen LogP contribution < -0.4 is 25.3 Å². The molecule has 12 rings (SSSR count). The van der Waals surface area contributed by atoms with Gasteiger partial charge in [0.25, 0.3) is 0 Å². The zero-order valence-electron chi connectivity index (χ0n) is 39.0. The van der Waals surface area contributed by atoms with Crippen LogP contribution in [0.1, 0.15) is 138 Å². The predicted molar refractivity (Wildman–Crippen MR) is 254 cm³/mol. The number of aromatic hydroxyl groups is 2. The van der Waals surface area contributed by atoms with Gasteiger partial charge in [0, 0.05) is 42.6 Å². The highest BCUT2D eigenvalue weighted by atomic mass is 16.5. The Morgan fingerprint density at radius 1 is 0.892 bits per heavy atom. The summed E-state index contributed by atoms with van der Waals surface area (Å²) in [6, 6.07) is 11.4. The maximum Gasteiger partial charge on any atom is 0.188 e. The lowest BCUT2D eigenvalue weighted by Gasteiger charge is -2.46. The molecule has 11 nitrogen and oxygen atoms in total. The molecule has 5 aliphatic heterocycles. The summed E-state index contributed by atoms with van der Waals surface area (Å²) in [7, 11) is 1.71. The molecule has 3 aromatic rings. The van der Waals surface area contributed by atoms with Crippen LogP contribution in [0.15, 0.2) is 53.5 Å². The number of aliphatic imine (C=N–C) groups is 1. The Morgan fingerprint density at radius 2 is 1.72 bits per heavy atom. The quantitative estimate of drug-likeness (QED) is 0.125. The number of benzene rings is 3. The van der Waals surface area contributed by atoms with Crippen molar-refractivity contribution in [3.63, 3.8) is 0 Å². The molecule has 8 bridgehead atoms. The number of nitrogens with one attached hydrogen (secondary N) is 1. The van der Waals surface area contributed by atoms with Crippen LogP contribution in [0.3, 0.4) is 0 Å². The Kier molecular flexibility index (Phi) is 13.4. The third-order valence-corrected chi connectivity index (χ3v) is 16.4. The highest BCUT2D eigenvalue weighted by Crippen LogP contribution is 2.57. The Labute approximate surface area is 385 Å². The van der Waals surface area contributed by atoms with Crippen molar-refractivity contribution in [2.75, 3.05) is 20.2 Å². The summed E-state index contributed by atoms with van der Waals surface area (Å²) in [6.45, 7) is 7.71. The maximum atomic E-state index is 12.3. The Hall–Kier alpha value is -4.45. The van der Waals surface area contributed by atoms with Gasteiger partial charge >= 0.3 is 0 Å². The van der Waals surface area contributed by atoms with Crippen LogP contribution in [0, 0.1) is 35.0 Å². The predicted octanol–water partition coefficient (Wildman–Crippen LogP) is 8.79. The highest BCUT2D eigenvalue weighted by Gasteiger charge is 2.50. The first-order valence-corrected chi connectivity index (χ1v) is 24.9. The summed E-state index contributed by atoms with van der Waals surface area (Å²) in [6.07, 6.45) is 13.9. The first-order valence-electron chi connectivity index (χ1n) is 24.9.